The summed E-state index contributed by atoms with van der Waals surface area (Å²) in [4.78, 5) is 11.3. The molecule has 0 fully saturated rings. The van der Waals surface area contributed by atoms with Crippen LogP contribution in [0.3, 0.4) is 0 Å². The van der Waals surface area contributed by atoms with Gasteiger partial charge in [0.15, 0.2) is 0 Å². The molecule has 0 bridgehead atoms. The van der Waals surface area contributed by atoms with E-state index in [1.807, 2.05) is 45.0 Å². The van der Waals surface area contributed by atoms with Crippen molar-refractivity contribution in [2.24, 2.45) is 5.41 Å². The lowest BCUT2D eigenvalue weighted by Crippen LogP contribution is -2.29. The summed E-state index contributed by atoms with van der Waals surface area (Å²) in [7, 11) is 0. The van der Waals surface area contributed by atoms with Gasteiger partial charge in [-0.25, -0.2) is 0 Å². The number of hydrogen-bond donors (Lipinski definition) is 1. The van der Waals surface area contributed by atoms with Gasteiger partial charge in [-0.1, -0.05) is 43.2 Å². The van der Waals surface area contributed by atoms with Crippen molar-refractivity contribution in [1.29, 1.82) is 0 Å². The monoisotopic (exact) mass is 220 g/mol. The van der Waals surface area contributed by atoms with Crippen LogP contribution in [0.5, 0.6) is 0 Å². The van der Waals surface area contributed by atoms with Gasteiger partial charge in [-0.3, -0.25) is 4.79 Å². The van der Waals surface area contributed by atoms with Crippen molar-refractivity contribution in [3.63, 3.8) is 0 Å². The summed E-state index contributed by atoms with van der Waals surface area (Å²) < 4.78 is 0. The van der Waals surface area contributed by atoms with Gasteiger partial charge in [0.1, 0.15) is 0 Å². The predicted octanol–water partition coefficient (Wildman–Crippen LogP) is 3.43. The van der Waals surface area contributed by atoms with Crippen LogP contribution in [0, 0.1) is 12.3 Å². The lowest BCUT2D eigenvalue weighted by atomic mass is 9.80. The molecule has 1 N–H and O–H groups in total. The number of carbonyl (C=O) groups is 1. The standard InChI is InChI=1S/C14H20O2/c1-4-9-14(3,13(15)16)10-12-7-5-11(2)6-8-12/h5-8H,4,9-10H2,1-3H3,(H,15,16). The van der Waals surface area contributed by atoms with E-state index in [4.69, 9.17) is 0 Å². The Kier molecular flexibility index (Phi) is 4.11. The fourth-order valence-electron chi connectivity index (χ4n) is 1.98. The SMILES string of the molecule is CCCC(C)(Cc1ccc(C)cc1)C(=O)O. The highest BCUT2D eigenvalue weighted by Gasteiger charge is 2.32. The van der Waals surface area contributed by atoms with Crippen LogP contribution in [0.15, 0.2) is 24.3 Å². The fourth-order valence-corrected chi connectivity index (χ4v) is 1.98. The Hall–Kier alpha value is -1.31. The van der Waals surface area contributed by atoms with Gasteiger partial charge in [-0.05, 0) is 32.3 Å². The summed E-state index contributed by atoms with van der Waals surface area (Å²) >= 11 is 0. The molecule has 0 aliphatic heterocycles. The Morgan fingerprint density at radius 2 is 1.88 bits per heavy atom. The maximum Gasteiger partial charge on any atom is 0.309 e. The summed E-state index contributed by atoms with van der Waals surface area (Å²) in [6, 6.07) is 8.10. The van der Waals surface area contributed by atoms with Crippen molar-refractivity contribution in [2.45, 2.75) is 40.0 Å². The number of aryl methyl sites for hydroxylation is 1. The summed E-state index contributed by atoms with van der Waals surface area (Å²) in [5.41, 5.74) is 1.67. The normalized spacial score (nSPS) is 14.4. The summed E-state index contributed by atoms with van der Waals surface area (Å²) in [6.07, 6.45) is 2.22. The highest BCUT2D eigenvalue weighted by Crippen LogP contribution is 2.28. The van der Waals surface area contributed by atoms with E-state index in [9.17, 15) is 9.90 Å². The quantitative estimate of drug-likeness (QED) is 0.825. The van der Waals surface area contributed by atoms with Crippen molar-refractivity contribution in [3.05, 3.63) is 35.4 Å². The molecule has 0 saturated heterocycles. The molecule has 1 unspecified atom stereocenters. The summed E-state index contributed by atoms with van der Waals surface area (Å²) in [6.45, 7) is 5.89. The molecule has 0 amide bonds. The molecule has 1 aromatic carbocycles. The van der Waals surface area contributed by atoms with E-state index in [1.165, 1.54) is 5.56 Å². The Bertz CT molecular complexity index is 354. The Labute approximate surface area is 97.3 Å². The smallest absolute Gasteiger partial charge is 0.309 e. The Morgan fingerprint density at radius 3 is 2.31 bits per heavy atom. The van der Waals surface area contributed by atoms with E-state index in [2.05, 4.69) is 0 Å². The van der Waals surface area contributed by atoms with Crippen LogP contribution in [0.2, 0.25) is 0 Å². The third kappa shape index (κ3) is 3.09. The molecule has 0 spiro atoms. The second-order valence-electron chi connectivity index (χ2n) is 4.78. The first kappa shape index (κ1) is 12.8. The topological polar surface area (TPSA) is 37.3 Å². The number of aliphatic carboxylic acids is 1. The molecule has 1 atom stereocenters. The van der Waals surface area contributed by atoms with E-state index >= 15 is 0 Å². The molecule has 0 heterocycles. The largest absolute Gasteiger partial charge is 0.481 e. The van der Waals surface area contributed by atoms with E-state index in [0.717, 1.165) is 18.4 Å². The third-order valence-electron chi connectivity index (χ3n) is 3.03. The number of rotatable bonds is 5. The number of carboxylic acids is 1. The Morgan fingerprint density at radius 1 is 1.31 bits per heavy atom. The van der Waals surface area contributed by atoms with Crippen LogP contribution in [0.1, 0.15) is 37.8 Å². The van der Waals surface area contributed by atoms with Crippen LogP contribution in [-0.2, 0) is 11.2 Å². The van der Waals surface area contributed by atoms with Gasteiger partial charge < -0.3 is 5.11 Å². The predicted molar refractivity (Wildman–Crippen MR) is 65.5 cm³/mol. The van der Waals surface area contributed by atoms with Gasteiger partial charge in [-0.2, -0.15) is 0 Å². The second-order valence-corrected chi connectivity index (χ2v) is 4.78. The van der Waals surface area contributed by atoms with Crippen LogP contribution in [-0.4, -0.2) is 11.1 Å². The molecule has 0 radical (unpaired) electrons. The van der Waals surface area contributed by atoms with Crippen LogP contribution in [0.25, 0.3) is 0 Å². The maximum absolute atomic E-state index is 11.3. The molecule has 2 nitrogen and oxygen atoms in total. The van der Waals surface area contributed by atoms with Gasteiger partial charge in [0.2, 0.25) is 0 Å². The average molecular weight is 220 g/mol. The fraction of sp³-hybridized carbons (Fsp3) is 0.500. The van der Waals surface area contributed by atoms with Crippen molar-refractivity contribution in [2.75, 3.05) is 0 Å². The lowest BCUT2D eigenvalue weighted by Gasteiger charge is -2.24. The van der Waals surface area contributed by atoms with Gasteiger partial charge in [0, 0.05) is 0 Å². The minimum atomic E-state index is -0.699. The summed E-state index contributed by atoms with van der Waals surface area (Å²) in [5.74, 6) is -0.699. The van der Waals surface area contributed by atoms with Gasteiger partial charge in [-0.15, -0.1) is 0 Å². The Balaban J connectivity index is 2.83. The molecule has 0 saturated carbocycles. The molecule has 0 aromatic heterocycles. The zero-order valence-corrected chi connectivity index (χ0v) is 10.3. The van der Waals surface area contributed by atoms with Crippen molar-refractivity contribution in [1.82, 2.24) is 0 Å². The number of carboxylic acid groups (broad SMARTS) is 1. The second kappa shape index (κ2) is 5.15. The first-order chi connectivity index (χ1) is 7.48. The molecular weight excluding hydrogens is 200 g/mol. The zero-order valence-electron chi connectivity index (χ0n) is 10.3. The molecule has 1 aromatic rings. The van der Waals surface area contributed by atoms with E-state index in [0.29, 0.717) is 6.42 Å². The zero-order chi connectivity index (χ0) is 12.2. The number of benzene rings is 1. The lowest BCUT2D eigenvalue weighted by molar-refractivity contribution is -0.148. The molecule has 1 rings (SSSR count). The average Bonchev–Trinajstić information content (AvgIpc) is 2.22. The van der Waals surface area contributed by atoms with Crippen LogP contribution in [0.4, 0.5) is 0 Å². The molecule has 0 aliphatic rings. The highest BCUT2D eigenvalue weighted by molar-refractivity contribution is 5.74. The minimum Gasteiger partial charge on any atom is -0.481 e. The van der Waals surface area contributed by atoms with E-state index in [1.54, 1.807) is 0 Å². The summed E-state index contributed by atoms with van der Waals surface area (Å²) in [5, 5.41) is 9.28. The van der Waals surface area contributed by atoms with Crippen LogP contribution >= 0.6 is 0 Å². The maximum atomic E-state index is 11.3. The molecule has 88 valence electrons. The molecule has 16 heavy (non-hydrogen) atoms. The number of hydrogen-bond acceptors (Lipinski definition) is 1. The minimum absolute atomic E-state index is 0.608. The first-order valence-electron chi connectivity index (χ1n) is 5.77. The van der Waals surface area contributed by atoms with Crippen LogP contribution < -0.4 is 0 Å². The third-order valence-corrected chi connectivity index (χ3v) is 3.03. The molecule has 0 aliphatic carbocycles. The molecular formula is C14H20O2. The van der Waals surface area contributed by atoms with Crippen molar-refractivity contribution < 1.29 is 9.90 Å². The highest BCUT2D eigenvalue weighted by atomic mass is 16.4. The van der Waals surface area contributed by atoms with Crippen molar-refractivity contribution in [3.8, 4) is 0 Å². The van der Waals surface area contributed by atoms with Crippen molar-refractivity contribution >= 4 is 5.97 Å². The van der Waals surface area contributed by atoms with Gasteiger partial charge in [0.05, 0.1) is 5.41 Å². The first-order valence-corrected chi connectivity index (χ1v) is 5.77. The van der Waals surface area contributed by atoms with E-state index in [-0.39, 0.29) is 0 Å². The molecule has 2 heteroatoms. The van der Waals surface area contributed by atoms with E-state index < -0.39 is 11.4 Å². The van der Waals surface area contributed by atoms with Gasteiger partial charge >= 0.3 is 5.97 Å². The van der Waals surface area contributed by atoms with Gasteiger partial charge in [0.25, 0.3) is 0 Å².